The van der Waals surface area contributed by atoms with Gasteiger partial charge >= 0.3 is 0 Å². The summed E-state index contributed by atoms with van der Waals surface area (Å²) in [6.45, 7) is 6.73. The van der Waals surface area contributed by atoms with Gasteiger partial charge in [0.05, 0.1) is 0 Å². The lowest BCUT2D eigenvalue weighted by Crippen LogP contribution is -2.48. The number of hydrogen-bond donors (Lipinski definition) is 2. The summed E-state index contributed by atoms with van der Waals surface area (Å²) in [5.41, 5.74) is 6.88. The van der Waals surface area contributed by atoms with Crippen molar-refractivity contribution < 1.29 is 4.79 Å². The summed E-state index contributed by atoms with van der Waals surface area (Å²) < 4.78 is 0. The Labute approximate surface area is 110 Å². The van der Waals surface area contributed by atoms with Crippen LogP contribution in [0.25, 0.3) is 0 Å². The average molecular weight is 248 g/mol. The molecule has 18 heavy (non-hydrogen) atoms. The minimum atomic E-state index is -0.00282. The van der Waals surface area contributed by atoms with Crippen LogP contribution in [0.5, 0.6) is 0 Å². The molecule has 0 bridgehead atoms. The van der Waals surface area contributed by atoms with Crippen molar-refractivity contribution in [3.8, 4) is 0 Å². The van der Waals surface area contributed by atoms with E-state index in [2.05, 4.69) is 26.1 Å². The molecule has 1 atom stereocenters. The number of carbonyl (C=O) groups is 1. The predicted octanol–water partition coefficient (Wildman–Crippen LogP) is 2.11. The molecule has 0 saturated carbocycles. The molecule has 1 rings (SSSR count). The van der Waals surface area contributed by atoms with Gasteiger partial charge in [-0.3, -0.25) is 4.79 Å². The van der Waals surface area contributed by atoms with Crippen molar-refractivity contribution in [3.63, 3.8) is 0 Å². The number of nitrogens with one attached hydrogen (secondary N) is 1. The lowest BCUT2D eigenvalue weighted by atomic mass is 9.86. The molecule has 0 radical (unpaired) electrons. The molecule has 0 aliphatic carbocycles. The van der Waals surface area contributed by atoms with Crippen molar-refractivity contribution >= 4 is 5.91 Å². The first-order chi connectivity index (χ1) is 8.43. The zero-order valence-electron chi connectivity index (χ0n) is 11.6. The topological polar surface area (TPSA) is 55.1 Å². The Balaban J connectivity index is 2.42. The van der Waals surface area contributed by atoms with Gasteiger partial charge in [0.2, 0.25) is 5.91 Å². The normalized spacial score (nSPS) is 13.1. The first kappa shape index (κ1) is 14.7. The fourth-order valence-electron chi connectivity index (χ4n) is 1.80. The molecule has 1 amide bonds. The van der Waals surface area contributed by atoms with Crippen LogP contribution in [0.4, 0.5) is 0 Å². The van der Waals surface area contributed by atoms with Crippen LogP contribution in [0.3, 0.4) is 0 Å². The Hall–Kier alpha value is -1.35. The Morgan fingerprint density at radius 1 is 1.28 bits per heavy atom. The molecule has 0 aliphatic rings. The molecule has 1 aromatic rings. The molecule has 0 aliphatic heterocycles. The third kappa shape index (κ3) is 4.88. The van der Waals surface area contributed by atoms with E-state index in [1.807, 2.05) is 30.3 Å². The van der Waals surface area contributed by atoms with E-state index >= 15 is 0 Å². The van der Waals surface area contributed by atoms with Crippen LogP contribution >= 0.6 is 0 Å². The summed E-state index contributed by atoms with van der Waals surface area (Å²) >= 11 is 0. The second-order valence-corrected chi connectivity index (χ2v) is 5.71. The van der Waals surface area contributed by atoms with Crippen LogP contribution in [-0.4, -0.2) is 18.5 Å². The Bertz CT molecular complexity index is 368. The molecule has 0 fully saturated rings. The molecular formula is C15H24N2O. The van der Waals surface area contributed by atoms with Gasteiger partial charge in [-0.2, -0.15) is 0 Å². The summed E-state index contributed by atoms with van der Waals surface area (Å²) in [6.07, 6.45) is 1.28. The number of nitrogens with two attached hydrogens (primary N) is 1. The molecule has 0 heterocycles. The number of benzene rings is 1. The van der Waals surface area contributed by atoms with Crippen molar-refractivity contribution in [1.82, 2.24) is 5.32 Å². The summed E-state index contributed by atoms with van der Waals surface area (Å²) in [5.74, 6) is 0.0734. The van der Waals surface area contributed by atoms with E-state index < -0.39 is 0 Å². The SMILES string of the molecule is CC(C)(C)C(CN)NC(=O)CCc1ccccc1. The van der Waals surface area contributed by atoms with E-state index in [0.29, 0.717) is 13.0 Å². The number of hydrogen-bond acceptors (Lipinski definition) is 2. The van der Waals surface area contributed by atoms with Crippen molar-refractivity contribution in [3.05, 3.63) is 35.9 Å². The highest BCUT2D eigenvalue weighted by Crippen LogP contribution is 2.18. The molecule has 0 aromatic heterocycles. The minimum absolute atomic E-state index is 0.00282. The van der Waals surface area contributed by atoms with Gasteiger partial charge in [0.15, 0.2) is 0 Å². The van der Waals surface area contributed by atoms with E-state index in [9.17, 15) is 4.79 Å². The van der Waals surface area contributed by atoms with Gasteiger partial charge in [-0.05, 0) is 17.4 Å². The Morgan fingerprint density at radius 2 is 1.89 bits per heavy atom. The van der Waals surface area contributed by atoms with Gasteiger partial charge in [0.1, 0.15) is 0 Å². The molecule has 0 saturated heterocycles. The van der Waals surface area contributed by atoms with Crippen LogP contribution in [-0.2, 0) is 11.2 Å². The Morgan fingerprint density at radius 3 is 2.39 bits per heavy atom. The first-order valence-corrected chi connectivity index (χ1v) is 6.47. The molecule has 1 unspecified atom stereocenters. The summed E-state index contributed by atoms with van der Waals surface area (Å²) in [4.78, 5) is 11.9. The van der Waals surface area contributed by atoms with Crippen LogP contribution in [0, 0.1) is 5.41 Å². The van der Waals surface area contributed by atoms with E-state index in [1.165, 1.54) is 5.56 Å². The molecule has 3 nitrogen and oxygen atoms in total. The monoisotopic (exact) mass is 248 g/mol. The second-order valence-electron chi connectivity index (χ2n) is 5.71. The number of rotatable bonds is 5. The fraction of sp³-hybridized carbons (Fsp3) is 0.533. The highest BCUT2D eigenvalue weighted by atomic mass is 16.1. The molecule has 100 valence electrons. The minimum Gasteiger partial charge on any atom is -0.352 e. The van der Waals surface area contributed by atoms with E-state index in [0.717, 1.165) is 6.42 Å². The third-order valence-corrected chi connectivity index (χ3v) is 3.10. The highest BCUT2D eigenvalue weighted by Gasteiger charge is 2.24. The van der Waals surface area contributed by atoms with Crippen LogP contribution in [0.15, 0.2) is 30.3 Å². The van der Waals surface area contributed by atoms with Crippen molar-refractivity contribution in [2.45, 2.75) is 39.7 Å². The molecule has 3 heteroatoms. The third-order valence-electron chi connectivity index (χ3n) is 3.10. The van der Waals surface area contributed by atoms with Gasteiger partial charge in [-0.25, -0.2) is 0 Å². The van der Waals surface area contributed by atoms with Gasteiger partial charge in [0, 0.05) is 19.0 Å². The molecule has 1 aromatic carbocycles. The zero-order valence-corrected chi connectivity index (χ0v) is 11.6. The summed E-state index contributed by atoms with van der Waals surface area (Å²) in [7, 11) is 0. The average Bonchev–Trinajstić information content (AvgIpc) is 2.33. The largest absolute Gasteiger partial charge is 0.352 e. The Kier molecular flexibility index (Phi) is 5.35. The molecule has 0 spiro atoms. The quantitative estimate of drug-likeness (QED) is 0.838. The zero-order chi connectivity index (χ0) is 13.6. The maximum absolute atomic E-state index is 11.9. The number of amides is 1. The second kappa shape index (κ2) is 6.55. The van der Waals surface area contributed by atoms with Crippen molar-refractivity contribution in [2.75, 3.05) is 6.54 Å². The molecule has 3 N–H and O–H groups in total. The van der Waals surface area contributed by atoms with E-state index in [4.69, 9.17) is 5.73 Å². The fourth-order valence-corrected chi connectivity index (χ4v) is 1.80. The van der Waals surface area contributed by atoms with Crippen molar-refractivity contribution in [1.29, 1.82) is 0 Å². The van der Waals surface area contributed by atoms with Gasteiger partial charge in [-0.1, -0.05) is 51.1 Å². The smallest absolute Gasteiger partial charge is 0.220 e. The van der Waals surface area contributed by atoms with Crippen molar-refractivity contribution in [2.24, 2.45) is 11.1 Å². The van der Waals surface area contributed by atoms with E-state index in [-0.39, 0.29) is 17.4 Å². The summed E-state index contributed by atoms with van der Waals surface area (Å²) in [5, 5.41) is 3.01. The van der Waals surface area contributed by atoms with Crippen LogP contribution < -0.4 is 11.1 Å². The standard InChI is InChI=1S/C15H24N2O/c1-15(2,3)13(11-16)17-14(18)10-9-12-7-5-4-6-8-12/h4-8,13H,9-11,16H2,1-3H3,(H,17,18). The highest BCUT2D eigenvalue weighted by molar-refractivity contribution is 5.76. The maximum atomic E-state index is 11.9. The van der Waals surface area contributed by atoms with Gasteiger partial charge in [-0.15, -0.1) is 0 Å². The first-order valence-electron chi connectivity index (χ1n) is 6.47. The van der Waals surface area contributed by atoms with E-state index in [1.54, 1.807) is 0 Å². The lowest BCUT2D eigenvalue weighted by molar-refractivity contribution is -0.122. The van der Waals surface area contributed by atoms with Gasteiger partial charge in [0.25, 0.3) is 0 Å². The number of carbonyl (C=O) groups excluding carboxylic acids is 1. The lowest BCUT2D eigenvalue weighted by Gasteiger charge is -2.30. The predicted molar refractivity (Wildman–Crippen MR) is 75.2 cm³/mol. The summed E-state index contributed by atoms with van der Waals surface area (Å²) in [6, 6.07) is 10.1. The van der Waals surface area contributed by atoms with Crippen LogP contribution in [0.1, 0.15) is 32.8 Å². The maximum Gasteiger partial charge on any atom is 0.220 e. The van der Waals surface area contributed by atoms with Crippen LogP contribution in [0.2, 0.25) is 0 Å². The molecular weight excluding hydrogens is 224 g/mol. The number of aryl methyl sites for hydroxylation is 1. The van der Waals surface area contributed by atoms with Gasteiger partial charge < -0.3 is 11.1 Å².